The summed E-state index contributed by atoms with van der Waals surface area (Å²) in [5.41, 5.74) is 1.22. The van der Waals surface area contributed by atoms with Gasteiger partial charge in [0, 0.05) is 25.1 Å². The van der Waals surface area contributed by atoms with Gasteiger partial charge in [0.05, 0.1) is 23.7 Å². The number of amides is 2. The molecule has 6 nitrogen and oxygen atoms in total. The normalized spacial score (nSPS) is 13.6. The second-order valence-electron chi connectivity index (χ2n) is 5.27. The number of rotatable bonds is 6. The molecule has 0 bridgehead atoms. The maximum atomic E-state index is 12.1. The predicted octanol–water partition coefficient (Wildman–Crippen LogP) is 2.31. The minimum atomic E-state index is -0.190. The van der Waals surface area contributed by atoms with Gasteiger partial charge in [0.1, 0.15) is 5.76 Å². The van der Waals surface area contributed by atoms with Gasteiger partial charge in [-0.2, -0.15) is 0 Å². The van der Waals surface area contributed by atoms with Crippen LogP contribution in [0, 0.1) is 0 Å². The van der Waals surface area contributed by atoms with E-state index in [9.17, 15) is 9.59 Å². The number of hydrogen-bond donors (Lipinski definition) is 2. The molecule has 0 aliphatic heterocycles. The van der Waals surface area contributed by atoms with Crippen LogP contribution in [0.25, 0.3) is 0 Å². The molecule has 2 amide bonds. The summed E-state index contributed by atoms with van der Waals surface area (Å²) in [5.74, 6) is 0.787. The van der Waals surface area contributed by atoms with Crippen molar-refractivity contribution in [2.45, 2.75) is 25.2 Å². The first-order valence-corrected chi connectivity index (χ1v) is 7.29. The first-order valence-electron chi connectivity index (χ1n) is 7.29. The Balaban J connectivity index is 1.45. The maximum Gasteiger partial charge on any atom is 0.254 e. The van der Waals surface area contributed by atoms with E-state index in [1.54, 1.807) is 30.6 Å². The van der Waals surface area contributed by atoms with E-state index in [4.69, 9.17) is 4.42 Å². The number of aromatic nitrogens is 1. The molecule has 2 aromatic heterocycles. The van der Waals surface area contributed by atoms with Gasteiger partial charge in [0.25, 0.3) is 5.91 Å². The van der Waals surface area contributed by atoms with Crippen LogP contribution in [0.5, 0.6) is 0 Å². The van der Waals surface area contributed by atoms with E-state index in [0.29, 0.717) is 17.2 Å². The quantitative estimate of drug-likeness (QED) is 0.857. The summed E-state index contributed by atoms with van der Waals surface area (Å²) < 4.78 is 5.37. The molecule has 6 heteroatoms. The van der Waals surface area contributed by atoms with Gasteiger partial charge in [-0.1, -0.05) is 0 Å². The van der Waals surface area contributed by atoms with E-state index in [1.165, 1.54) is 6.26 Å². The molecule has 0 aromatic carbocycles. The van der Waals surface area contributed by atoms with E-state index < -0.39 is 0 Å². The number of nitrogens with one attached hydrogen (secondary N) is 2. The van der Waals surface area contributed by atoms with Gasteiger partial charge in [-0.3, -0.25) is 14.6 Å². The van der Waals surface area contributed by atoms with Crippen LogP contribution >= 0.6 is 0 Å². The molecule has 2 aromatic rings. The molecule has 0 radical (unpaired) electrons. The Hall–Kier alpha value is -2.63. The fraction of sp³-hybridized carbons (Fsp3) is 0.312. The summed E-state index contributed by atoms with van der Waals surface area (Å²) in [6, 6.07) is 5.19. The Morgan fingerprint density at radius 3 is 2.91 bits per heavy atom. The zero-order valence-electron chi connectivity index (χ0n) is 12.0. The third kappa shape index (κ3) is 3.52. The molecule has 3 rings (SSSR count). The Morgan fingerprint density at radius 1 is 1.32 bits per heavy atom. The molecule has 2 N–H and O–H groups in total. The average Bonchev–Trinajstić information content (AvgIpc) is 3.25. The first kappa shape index (κ1) is 14.3. The van der Waals surface area contributed by atoms with E-state index in [1.807, 2.05) is 0 Å². The summed E-state index contributed by atoms with van der Waals surface area (Å²) in [4.78, 5) is 27.8. The highest BCUT2D eigenvalue weighted by atomic mass is 16.3. The Labute approximate surface area is 127 Å². The van der Waals surface area contributed by atoms with Crippen LogP contribution in [0.4, 0.5) is 5.69 Å². The van der Waals surface area contributed by atoms with Gasteiger partial charge in [-0.15, -0.1) is 0 Å². The number of carbonyl (C=O) groups excluding carboxylic acids is 2. The molecule has 114 valence electrons. The Bertz CT molecular complexity index is 662. The first-order chi connectivity index (χ1) is 10.7. The van der Waals surface area contributed by atoms with E-state index in [0.717, 1.165) is 18.6 Å². The maximum absolute atomic E-state index is 12.1. The highest BCUT2D eigenvalue weighted by molar-refractivity contribution is 5.96. The third-order valence-corrected chi connectivity index (χ3v) is 3.47. The monoisotopic (exact) mass is 299 g/mol. The molecular weight excluding hydrogens is 282 g/mol. The summed E-state index contributed by atoms with van der Waals surface area (Å²) in [7, 11) is 0. The number of nitrogens with zero attached hydrogens (tertiary/aromatic N) is 1. The summed E-state index contributed by atoms with van der Waals surface area (Å²) in [6.07, 6.45) is 7.10. The predicted molar refractivity (Wildman–Crippen MR) is 80.5 cm³/mol. The van der Waals surface area contributed by atoms with Gasteiger partial charge in [0.15, 0.2) is 0 Å². The van der Waals surface area contributed by atoms with Crippen LogP contribution in [0.3, 0.4) is 0 Å². The number of anilines is 1. The van der Waals surface area contributed by atoms with Crippen LogP contribution in [0.2, 0.25) is 0 Å². The zero-order chi connectivity index (χ0) is 15.4. The number of pyridine rings is 1. The van der Waals surface area contributed by atoms with Crippen LogP contribution in [-0.2, 0) is 4.79 Å². The lowest BCUT2D eigenvalue weighted by atomic mass is 10.2. The molecule has 1 aliphatic carbocycles. The molecule has 1 saturated carbocycles. The van der Waals surface area contributed by atoms with Crippen molar-refractivity contribution in [1.29, 1.82) is 0 Å². The lowest BCUT2D eigenvalue weighted by Gasteiger charge is -2.06. The van der Waals surface area contributed by atoms with Crippen LogP contribution < -0.4 is 10.6 Å². The topological polar surface area (TPSA) is 84.2 Å². The third-order valence-electron chi connectivity index (χ3n) is 3.47. The van der Waals surface area contributed by atoms with Crippen molar-refractivity contribution in [3.05, 3.63) is 48.2 Å². The average molecular weight is 299 g/mol. The lowest BCUT2D eigenvalue weighted by Crippen LogP contribution is -2.28. The smallest absolute Gasteiger partial charge is 0.254 e. The molecule has 2 heterocycles. The molecule has 0 saturated heterocycles. The van der Waals surface area contributed by atoms with Gasteiger partial charge >= 0.3 is 0 Å². The van der Waals surface area contributed by atoms with Crippen molar-refractivity contribution in [3.63, 3.8) is 0 Å². The largest absolute Gasteiger partial charge is 0.468 e. The second kappa shape index (κ2) is 6.43. The number of carbonyl (C=O) groups is 2. The van der Waals surface area contributed by atoms with Crippen molar-refractivity contribution in [2.24, 2.45) is 0 Å². The summed E-state index contributed by atoms with van der Waals surface area (Å²) in [5, 5.41) is 5.47. The highest BCUT2D eigenvalue weighted by Crippen LogP contribution is 2.41. The minimum absolute atomic E-state index is 0.164. The Morgan fingerprint density at radius 2 is 2.18 bits per heavy atom. The van der Waals surface area contributed by atoms with Crippen LogP contribution in [0.15, 0.2) is 41.3 Å². The summed E-state index contributed by atoms with van der Waals surface area (Å²) in [6.45, 7) is 0.278. The molecule has 0 spiro atoms. The molecule has 22 heavy (non-hydrogen) atoms. The van der Waals surface area contributed by atoms with Crippen molar-refractivity contribution < 1.29 is 14.0 Å². The Kier molecular flexibility index (Phi) is 4.18. The lowest BCUT2D eigenvalue weighted by molar-refractivity contribution is -0.116. The molecular formula is C16H17N3O3. The SMILES string of the molecule is O=C(CCNC(=O)c1ccoc1C1CC1)Nc1cccnc1. The van der Waals surface area contributed by atoms with E-state index in [-0.39, 0.29) is 24.8 Å². The van der Waals surface area contributed by atoms with E-state index >= 15 is 0 Å². The van der Waals surface area contributed by atoms with Crippen LogP contribution in [0.1, 0.15) is 41.3 Å². The molecule has 0 unspecified atom stereocenters. The molecule has 1 aliphatic rings. The van der Waals surface area contributed by atoms with Crippen molar-refractivity contribution >= 4 is 17.5 Å². The standard InChI is InChI=1S/C16H17N3O3/c20-14(19-12-2-1-7-17-10-12)5-8-18-16(21)13-6-9-22-15(13)11-3-4-11/h1-2,6-7,9-11H,3-5,8H2,(H,18,21)(H,19,20). The van der Waals surface area contributed by atoms with Crippen molar-refractivity contribution in [3.8, 4) is 0 Å². The van der Waals surface area contributed by atoms with Crippen molar-refractivity contribution in [2.75, 3.05) is 11.9 Å². The van der Waals surface area contributed by atoms with Gasteiger partial charge in [-0.25, -0.2) is 0 Å². The summed E-state index contributed by atoms with van der Waals surface area (Å²) >= 11 is 0. The number of furan rings is 1. The number of hydrogen-bond acceptors (Lipinski definition) is 4. The molecule has 0 atom stereocenters. The van der Waals surface area contributed by atoms with Gasteiger partial charge in [0.2, 0.25) is 5.91 Å². The van der Waals surface area contributed by atoms with Gasteiger partial charge < -0.3 is 15.1 Å². The fourth-order valence-electron chi connectivity index (χ4n) is 2.22. The fourth-order valence-corrected chi connectivity index (χ4v) is 2.22. The van der Waals surface area contributed by atoms with E-state index in [2.05, 4.69) is 15.6 Å². The highest BCUT2D eigenvalue weighted by Gasteiger charge is 2.31. The van der Waals surface area contributed by atoms with Gasteiger partial charge in [-0.05, 0) is 31.0 Å². The molecule has 1 fully saturated rings. The minimum Gasteiger partial charge on any atom is -0.468 e. The second-order valence-corrected chi connectivity index (χ2v) is 5.27. The van der Waals surface area contributed by atoms with Crippen LogP contribution in [-0.4, -0.2) is 23.3 Å². The van der Waals surface area contributed by atoms with Crippen molar-refractivity contribution in [1.82, 2.24) is 10.3 Å². The zero-order valence-corrected chi connectivity index (χ0v) is 12.0.